The molecule has 1 aliphatic rings. The minimum absolute atomic E-state index is 0.00347. The van der Waals surface area contributed by atoms with Gasteiger partial charge >= 0.3 is 0 Å². The van der Waals surface area contributed by atoms with Crippen molar-refractivity contribution in [2.24, 2.45) is 16.3 Å². The summed E-state index contributed by atoms with van der Waals surface area (Å²) >= 11 is 0. The number of aliphatic imine (C=N–C) groups is 1. The van der Waals surface area contributed by atoms with Crippen molar-refractivity contribution >= 4 is 6.08 Å². The highest BCUT2D eigenvalue weighted by Crippen LogP contribution is 2.42. The number of hydrogen-bond acceptors (Lipinski definition) is 2. The summed E-state index contributed by atoms with van der Waals surface area (Å²) in [5.74, 6) is 0.614. The first kappa shape index (κ1) is 10.2. The van der Waals surface area contributed by atoms with E-state index in [-0.39, 0.29) is 11.5 Å². The van der Waals surface area contributed by atoms with E-state index in [4.69, 9.17) is 0 Å². The SMILES string of the molecule is C=C1C(N=C=O)CC(C)CC1(C)C. The Hall–Kier alpha value is -0.880. The van der Waals surface area contributed by atoms with Gasteiger partial charge in [-0.05, 0) is 29.7 Å². The zero-order chi connectivity index (χ0) is 10.1. The van der Waals surface area contributed by atoms with E-state index in [1.807, 2.05) is 0 Å². The standard InChI is InChI=1S/C11H17NO/c1-8-5-10(12-7-13)9(2)11(3,4)6-8/h8,10H,2,5-6H2,1,3-4H3. The van der Waals surface area contributed by atoms with Gasteiger partial charge in [0, 0.05) is 0 Å². The highest BCUT2D eigenvalue weighted by atomic mass is 16.1. The number of rotatable bonds is 1. The molecule has 2 heteroatoms. The van der Waals surface area contributed by atoms with Gasteiger partial charge in [-0.3, -0.25) is 0 Å². The summed E-state index contributed by atoms with van der Waals surface area (Å²) in [5.41, 5.74) is 1.19. The van der Waals surface area contributed by atoms with Crippen LogP contribution in [-0.2, 0) is 4.79 Å². The first-order valence-corrected chi connectivity index (χ1v) is 4.73. The topological polar surface area (TPSA) is 29.4 Å². The summed E-state index contributed by atoms with van der Waals surface area (Å²) in [4.78, 5) is 14.0. The molecule has 0 bridgehead atoms. The predicted octanol–water partition coefficient (Wildman–Crippen LogP) is 2.70. The Morgan fingerprint density at radius 3 is 2.77 bits per heavy atom. The van der Waals surface area contributed by atoms with E-state index in [0.717, 1.165) is 18.4 Å². The van der Waals surface area contributed by atoms with Gasteiger partial charge in [0.05, 0.1) is 6.04 Å². The molecule has 13 heavy (non-hydrogen) atoms. The second-order valence-electron chi connectivity index (χ2n) is 4.69. The maximum Gasteiger partial charge on any atom is 0.235 e. The molecule has 2 atom stereocenters. The second kappa shape index (κ2) is 3.47. The van der Waals surface area contributed by atoms with Crippen molar-refractivity contribution in [3.8, 4) is 0 Å². The van der Waals surface area contributed by atoms with Crippen LogP contribution in [0.5, 0.6) is 0 Å². The van der Waals surface area contributed by atoms with Crippen LogP contribution in [0.15, 0.2) is 17.1 Å². The van der Waals surface area contributed by atoms with Crippen LogP contribution in [-0.4, -0.2) is 12.1 Å². The summed E-state index contributed by atoms with van der Waals surface area (Å²) in [6.07, 6.45) is 3.72. The predicted molar refractivity (Wildman–Crippen MR) is 53.2 cm³/mol. The molecule has 1 aliphatic carbocycles. The van der Waals surface area contributed by atoms with Crippen LogP contribution in [0.2, 0.25) is 0 Å². The van der Waals surface area contributed by atoms with Gasteiger partial charge in [-0.25, -0.2) is 4.79 Å². The average Bonchev–Trinajstić information content (AvgIpc) is 1.99. The number of carbonyl (C=O) groups excluding carboxylic acids is 1. The van der Waals surface area contributed by atoms with Crippen LogP contribution in [0.3, 0.4) is 0 Å². The van der Waals surface area contributed by atoms with Crippen LogP contribution in [0.25, 0.3) is 0 Å². The number of isocyanates is 1. The van der Waals surface area contributed by atoms with Gasteiger partial charge in [0.25, 0.3) is 0 Å². The van der Waals surface area contributed by atoms with Gasteiger partial charge in [-0.1, -0.05) is 27.4 Å². The molecule has 0 aromatic carbocycles. The molecule has 0 radical (unpaired) electrons. The maximum atomic E-state index is 10.2. The summed E-state index contributed by atoms with van der Waals surface area (Å²) in [5, 5.41) is 0. The molecule has 72 valence electrons. The lowest BCUT2D eigenvalue weighted by Gasteiger charge is -2.39. The third kappa shape index (κ3) is 2.07. The molecule has 0 saturated heterocycles. The van der Waals surface area contributed by atoms with Crippen LogP contribution in [0, 0.1) is 11.3 Å². The monoisotopic (exact) mass is 179 g/mol. The third-order valence-corrected chi connectivity index (χ3v) is 2.96. The molecule has 0 aromatic rings. The summed E-state index contributed by atoms with van der Waals surface area (Å²) in [6.45, 7) is 10.6. The van der Waals surface area contributed by atoms with Gasteiger partial charge < -0.3 is 0 Å². The van der Waals surface area contributed by atoms with Crippen molar-refractivity contribution in [3.05, 3.63) is 12.2 Å². The van der Waals surface area contributed by atoms with Gasteiger partial charge in [-0.15, -0.1) is 0 Å². The Morgan fingerprint density at radius 2 is 2.23 bits per heavy atom. The van der Waals surface area contributed by atoms with Crippen LogP contribution in [0.1, 0.15) is 33.6 Å². The third-order valence-electron chi connectivity index (χ3n) is 2.96. The molecule has 2 unspecified atom stereocenters. The van der Waals surface area contributed by atoms with Crippen molar-refractivity contribution < 1.29 is 4.79 Å². The molecular formula is C11H17NO. The van der Waals surface area contributed by atoms with E-state index in [1.54, 1.807) is 6.08 Å². The Morgan fingerprint density at radius 1 is 1.62 bits per heavy atom. The van der Waals surface area contributed by atoms with Crippen molar-refractivity contribution in [3.63, 3.8) is 0 Å². The van der Waals surface area contributed by atoms with Crippen molar-refractivity contribution in [1.29, 1.82) is 0 Å². The molecule has 2 nitrogen and oxygen atoms in total. The van der Waals surface area contributed by atoms with E-state index < -0.39 is 0 Å². The smallest absolute Gasteiger partial charge is 0.211 e. The second-order valence-corrected chi connectivity index (χ2v) is 4.69. The van der Waals surface area contributed by atoms with Crippen LogP contribution < -0.4 is 0 Å². The lowest BCUT2D eigenvalue weighted by Crippen LogP contribution is -2.32. The number of hydrogen-bond donors (Lipinski definition) is 0. The summed E-state index contributed by atoms with van der Waals surface area (Å²) in [6, 6.07) is -0.00347. The van der Waals surface area contributed by atoms with E-state index in [2.05, 4.69) is 32.3 Å². The van der Waals surface area contributed by atoms with Gasteiger partial charge in [-0.2, -0.15) is 4.99 Å². The lowest BCUT2D eigenvalue weighted by molar-refractivity contribution is 0.249. The molecule has 0 spiro atoms. The molecule has 1 saturated carbocycles. The van der Waals surface area contributed by atoms with E-state index in [0.29, 0.717) is 5.92 Å². The van der Waals surface area contributed by atoms with E-state index in [1.165, 1.54) is 0 Å². The van der Waals surface area contributed by atoms with Gasteiger partial charge in [0.1, 0.15) is 0 Å². The Labute approximate surface area is 79.8 Å². The van der Waals surface area contributed by atoms with E-state index >= 15 is 0 Å². The summed E-state index contributed by atoms with van der Waals surface area (Å²) in [7, 11) is 0. The quantitative estimate of drug-likeness (QED) is 0.346. The fourth-order valence-corrected chi connectivity index (χ4v) is 2.25. The Balaban J connectivity index is 2.87. The number of nitrogens with zero attached hydrogens (tertiary/aromatic N) is 1. The normalized spacial score (nSPS) is 32.4. The lowest BCUT2D eigenvalue weighted by atomic mass is 9.68. The fraction of sp³-hybridized carbons (Fsp3) is 0.727. The molecule has 0 heterocycles. The minimum Gasteiger partial charge on any atom is -0.211 e. The molecular weight excluding hydrogens is 162 g/mol. The Kier molecular flexibility index (Phi) is 2.72. The first-order chi connectivity index (χ1) is 5.97. The highest BCUT2D eigenvalue weighted by molar-refractivity contribution is 5.36. The average molecular weight is 179 g/mol. The largest absolute Gasteiger partial charge is 0.235 e. The van der Waals surface area contributed by atoms with Gasteiger partial charge in [0.15, 0.2) is 0 Å². The minimum atomic E-state index is -0.00347. The van der Waals surface area contributed by atoms with Crippen LogP contribution >= 0.6 is 0 Å². The zero-order valence-corrected chi connectivity index (χ0v) is 8.63. The van der Waals surface area contributed by atoms with Gasteiger partial charge in [0.2, 0.25) is 6.08 Å². The molecule has 1 fully saturated rings. The first-order valence-electron chi connectivity index (χ1n) is 4.73. The Bertz CT molecular complexity index is 261. The highest BCUT2D eigenvalue weighted by Gasteiger charge is 2.35. The van der Waals surface area contributed by atoms with Crippen LogP contribution in [0.4, 0.5) is 0 Å². The van der Waals surface area contributed by atoms with Crippen molar-refractivity contribution in [2.75, 3.05) is 0 Å². The van der Waals surface area contributed by atoms with Crippen molar-refractivity contribution in [1.82, 2.24) is 0 Å². The zero-order valence-electron chi connectivity index (χ0n) is 8.63. The fourth-order valence-electron chi connectivity index (χ4n) is 2.25. The molecule has 0 amide bonds. The molecule has 0 aliphatic heterocycles. The molecule has 1 rings (SSSR count). The maximum absolute atomic E-state index is 10.2. The molecule has 0 aromatic heterocycles. The summed E-state index contributed by atoms with van der Waals surface area (Å²) < 4.78 is 0. The van der Waals surface area contributed by atoms with E-state index in [9.17, 15) is 4.79 Å². The molecule has 0 N–H and O–H groups in total. The van der Waals surface area contributed by atoms with Crippen molar-refractivity contribution in [2.45, 2.75) is 39.7 Å².